The maximum Gasteiger partial charge on any atom is 0.292 e. The van der Waals surface area contributed by atoms with Crippen molar-refractivity contribution in [2.75, 3.05) is 5.32 Å². The Morgan fingerprint density at radius 1 is 0.952 bits per heavy atom. The zero-order valence-electron chi connectivity index (χ0n) is 12.3. The lowest BCUT2D eigenvalue weighted by molar-refractivity contribution is -0.134. The molecule has 2 aromatic rings. The molecule has 0 aliphatic carbocycles. The van der Waals surface area contributed by atoms with Crippen LogP contribution in [0.1, 0.15) is 23.6 Å². The minimum atomic E-state index is -0.556. The van der Waals surface area contributed by atoms with Gasteiger partial charge in [0.2, 0.25) is 5.78 Å². The normalized spacial score (nSPS) is 10.2. The first kappa shape index (κ1) is 15.0. The van der Waals surface area contributed by atoms with Crippen LogP contribution in [0.25, 0.3) is 0 Å². The number of anilines is 1. The molecule has 0 aliphatic rings. The van der Waals surface area contributed by atoms with Crippen molar-refractivity contribution in [2.24, 2.45) is 0 Å². The van der Waals surface area contributed by atoms with Gasteiger partial charge in [-0.1, -0.05) is 49.4 Å². The molecule has 0 bridgehead atoms. The van der Waals surface area contributed by atoms with Crippen molar-refractivity contribution in [3.05, 3.63) is 65.2 Å². The molecule has 0 heterocycles. The Morgan fingerprint density at radius 3 is 2.24 bits per heavy atom. The van der Waals surface area contributed by atoms with Crippen molar-refractivity contribution in [2.45, 2.75) is 26.7 Å². The number of benzene rings is 2. The third kappa shape index (κ3) is 3.78. The molecule has 0 fully saturated rings. The van der Waals surface area contributed by atoms with Crippen LogP contribution in [0, 0.1) is 6.92 Å². The van der Waals surface area contributed by atoms with Crippen LogP contribution in [0.5, 0.6) is 0 Å². The second-order valence-corrected chi connectivity index (χ2v) is 4.99. The molecule has 0 unspecified atom stereocenters. The molecule has 3 nitrogen and oxygen atoms in total. The smallest absolute Gasteiger partial charge is 0.292 e. The predicted molar refractivity (Wildman–Crippen MR) is 84.3 cm³/mol. The summed E-state index contributed by atoms with van der Waals surface area (Å²) >= 11 is 0. The van der Waals surface area contributed by atoms with E-state index in [0.29, 0.717) is 5.69 Å². The fraction of sp³-hybridized carbons (Fsp3) is 0.222. The average molecular weight is 281 g/mol. The second-order valence-electron chi connectivity index (χ2n) is 4.99. The van der Waals surface area contributed by atoms with Gasteiger partial charge in [-0.25, -0.2) is 0 Å². The van der Waals surface area contributed by atoms with Gasteiger partial charge in [0.15, 0.2) is 0 Å². The lowest BCUT2D eigenvalue weighted by Crippen LogP contribution is -2.25. The average Bonchev–Trinajstić information content (AvgIpc) is 2.50. The third-order valence-corrected chi connectivity index (χ3v) is 3.51. The number of rotatable bonds is 5. The molecule has 0 saturated heterocycles. The first-order valence-electron chi connectivity index (χ1n) is 7.08. The van der Waals surface area contributed by atoms with E-state index in [1.165, 1.54) is 0 Å². The molecule has 1 amide bonds. The molecular formula is C18H19NO2. The molecule has 3 heteroatoms. The Kier molecular flexibility index (Phi) is 4.88. The predicted octanol–water partition coefficient (Wildman–Crippen LogP) is 3.31. The fourth-order valence-corrected chi connectivity index (χ4v) is 2.20. The van der Waals surface area contributed by atoms with Gasteiger partial charge in [-0.3, -0.25) is 9.59 Å². The highest BCUT2D eigenvalue weighted by Gasteiger charge is 2.16. The summed E-state index contributed by atoms with van der Waals surface area (Å²) < 4.78 is 0. The van der Waals surface area contributed by atoms with E-state index in [-0.39, 0.29) is 6.42 Å². The van der Waals surface area contributed by atoms with Crippen molar-refractivity contribution in [1.82, 2.24) is 0 Å². The minimum Gasteiger partial charge on any atom is -0.319 e. The van der Waals surface area contributed by atoms with E-state index in [1.807, 2.05) is 62.4 Å². The fourth-order valence-electron chi connectivity index (χ4n) is 2.20. The van der Waals surface area contributed by atoms with Crippen LogP contribution in [0.2, 0.25) is 0 Å². The lowest BCUT2D eigenvalue weighted by atomic mass is 10.0. The number of carbonyl (C=O) groups is 2. The quantitative estimate of drug-likeness (QED) is 0.855. The van der Waals surface area contributed by atoms with Crippen molar-refractivity contribution in [3.63, 3.8) is 0 Å². The Balaban J connectivity index is 2.07. The van der Waals surface area contributed by atoms with Crippen LogP contribution in [-0.2, 0) is 22.4 Å². The molecule has 0 radical (unpaired) electrons. The Morgan fingerprint density at radius 2 is 1.57 bits per heavy atom. The highest BCUT2D eigenvalue weighted by Crippen LogP contribution is 2.16. The van der Waals surface area contributed by atoms with E-state index in [2.05, 4.69) is 5.32 Å². The van der Waals surface area contributed by atoms with Gasteiger partial charge in [-0.2, -0.15) is 0 Å². The van der Waals surface area contributed by atoms with E-state index in [9.17, 15) is 9.59 Å². The number of aryl methyl sites for hydroxylation is 2. The number of para-hydroxylation sites is 1. The van der Waals surface area contributed by atoms with Crippen LogP contribution in [0.4, 0.5) is 5.69 Å². The zero-order chi connectivity index (χ0) is 15.2. The first-order chi connectivity index (χ1) is 10.1. The summed E-state index contributed by atoms with van der Waals surface area (Å²) in [6, 6.07) is 15.1. The highest BCUT2D eigenvalue weighted by molar-refractivity contribution is 6.41. The van der Waals surface area contributed by atoms with E-state index >= 15 is 0 Å². The van der Waals surface area contributed by atoms with Gasteiger partial charge >= 0.3 is 0 Å². The summed E-state index contributed by atoms with van der Waals surface area (Å²) in [6.07, 6.45) is 0.940. The summed E-state index contributed by atoms with van der Waals surface area (Å²) in [6.45, 7) is 3.95. The molecule has 0 aromatic heterocycles. The lowest BCUT2D eigenvalue weighted by Gasteiger charge is -2.09. The van der Waals surface area contributed by atoms with Crippen LogP contribution in [-0.4, -0.2) is 11.7 Å². The number of hydrogen-bond acceptors (Lipinski definition) is 2. The second kappa shape index (κ2) is 6.84. The Hall–Kier alpha value is -2.42. The van der Waals surface area contributed by atoms with Crippen molar-refractivity contribution in [1.29, 1.82) is 0 Å². The topological polar surface area (TPSA) is 46.2 Å². The number of amides is 1. The maximum absolute atomic E-state index is 12.1. The summed E-state index contributed by atoms with van der Waals surface area (Å²) in [4.78, 5) is 24.1. The molecule has 2 aromatic carbocycles. The highest BCUT2D eigenvalue weighted by atomic mass is 16.2. The van der Waals surface area contributed by atoms with E-state index in [4.69, 9.17) is 0 Å². The van der Waals surface area contributed by atoms with E-state index in [1.54, 1.807) is 0 Å². The SMILES string of the molecule is CCc1ccccc1NC(=O)C(=O)Cc1ccccc1C. The van der Waals surface area contributed by atoms with Gasteiger partial charge < -0.3 is 5.32 Å². The zero-order valence-corrected chi connectivity index (χ0v) is 12.3. The minimum absolute atomic E-state index is 0.132. The number of ketones is 1. The van der Waals surface area contributed by atoms with E-state index in [0.717, 1.165) is 23.1 Å². The van der Waals surface area contributed by atoms with Crippen LogP contribution < -0.4 is 5.32 Å². The van der Waals surface area contributed by atoms with Gasteiger partial charge in [-0.05, 0) is 36.1 Å². The molecule has 0 spiro atoms. The van der Waals surface area contributed by atoms with Gasteiger partial charge in [0.25, 0.3) is 5.91 Å². The van der Waals surface area contributed by atoms with Crippen molar-refractivity contribution >= 4 is 17.4 Å². The molecule has 0 atom stereocenters. The van der Waals surface area contributed by atoms with Crippen LogP contribution in [0.15, 0.2) is 48.5 Å². The van der Waals surface area contributed by atoms with Gasteiger partial charge in [0, 0.05) is 12.1 Å². The largest absolute Gasteiger partial charge is 0.319 e. The standard InChI is InChI=1S/C18H19NO2/c1-3-14-9-6-7-11-16(14)19-18(21)17(20)12-15-10-5-4-8-13(15)2/h4-11H,3,12H2,1-2H3,(H,19,21). The third-order valence-electron chi connectivity index (χ3n) is 3.51. The Bertz CT molecular complexity index is 662. The number of carbonyl (C=O) groups excluding carboxylic acids is 2. The van der Waals surface area contributed by atoms with Gasteiger partial charge in [-0.15, -0.1) is 0 Å². The number of nitrogens with one attached hydrogen (secondary N) is 1. The molecule has 108 valence electrons. The molecule has 1 N–H and O–H groups in total. The summed E-state index contributed by atoms with van der Waals surface area (Å²) in [5.41, 5.74) is 3.65. The maximum atomic E-state index is 12.1. The molecule has 0 saturated carbocycles. The first-order valence-corrected chi connectivity index (χ1v) is 7.08. The number of hydrogen-bond donors (Lipinski definition) is 1. The molecule has 2 rings (SSSR count). The summed E-state index contributed by atoms with van der Waals surface area (Å²) in [7, 11) is 0. The van der Waals surface area contributed by atoms with Crippen molar-refractivity contribution in [3.8, 4) is 0 Å². The number of Topliss-reactive ketones (excluding diaryl/α,β-unsaturated/α-hetero) is 1. The monoisotopic (exact) mass is 281 g/mol. The van der Waals surface area contributed by atoms with E-state index < -0.39 is 11.7 Å². The van der Waals surface area contributed by atoms with Crippen molar-refractivity contribution < 1.29 is 9.59 Å². The molecule has 21 heavy (non-hydrogen) atoms. The van der Waals surface area contributed by atoms with Crippen LogP contribution in [0.3, 0.4) is 0 Å². The van der Waals surface area contributed by atoms with Crippen LogP contribution >= 0.6 is 0 Å². The summed E-state index contributed by atoms with van der Waals surface area (Å²) in [5.74, 6) is -0.977. The summed E-state index contributed by atoms with van der Waals surface area (Å²) in [5, 5.41) is 2.71. The molecule has 0 aliphatic heterocycles. The molecular weight excluding hydrogens is 262 g/mol. The van der Waals surface area contributed by atoms with Gasteiger partial charge in [0.1, 0.15) is 0 Å². The van der Waals surface area contributed by atoms with Gasteiger partial charge in [0.05, 0.1) is 0 Å². The Labute approximate surface area is 125 Å².